The third kappa shape index (κ3) is 1.59. The Kier molecular flexibility index (Phi) is 2.38. The van der Waals surface area contributed by atoms with Crippen LogP contribution in [0.2, 0.25) is 0 Å². The number of nitrogens with two attached hydrogens (primary N) is 1. The number of hydrogen-bond donors (Lipinski definition) is 1. The highest BCUT2D eigenvalue weighted by atomic mass is 32.1. The molecular weight excluding hydrogens is 246 g/mol. The van der Waals surface area contributed by atoms with E-state index in [4.69, 9.17) is 5.73 Å². The topological polar surface area (TPSA) is 59.2 Å². The largest absolute Gasteiger partial charge is 0.375 e. The third-order valence-electron chi connectivity index (χ3n) is 3.24. The monoisotopic (exact) mass is 259 g/mol. The molecule has 2 N–H and O–H groups in total. The molecule has 0 unspecified atom stereocenters. The van der Waals surface area contributed by atoms with Crippen LogP contribution in [0.5, 0.6) is 0 Å². The molecule has 1 aromatic carbocycles. The lowest BCUT2D eigenvalue weighted by Crippen LogP contribution is -2.20. The number of nitrogens with zero attached hydrogens (tertiary/aromatic N) is 2. The van der Waals surface area contributed by atoms with E-state index in [1.165, 1.54) is 11.3 Å². The molecule has 2 aromatic rings. The highest BCUT2D eigenvalue weighted by Gasteiger charge is 2.24. The molecular formula is C13H13N3OS. The molecule has 1 aliphatic rings. The first kappa shape index (κ1) is 11.2. The number of amides is 1. The van der Waals surface area contributed by atoms with Gasteiger partial charge < -0.3 is 10.6 Å². The second-order valence-electron chi connectivity index (χ2n) is 4.43. The van der Waals surface area contributed by atoms with E-state index < -0.39 is 0 Å². The SMILES string of the molecule is Cc1sc(N)nc1-c1ccc2c(c1)CC(=O)N2C. The third-order valence-corrected chi connectivity index (χ3v) is 4.04. The van der Waals surface area contributed by atoms with Crippen molar-refractivity contribution >= 4 is 28.1 Å². The lowest BCUT2D eigenvalue weighted by molar-refractivity contribution is -0.117. The summed E-state index contributed by atoms with van der Waals surface area (Å²) in [6.07, 6.45) is 0.471. The Balaban J connectivity index is 2.09. The molecule has 92 valence electrons. The molecule has 1 aromatic heterocycles. The summed E-state index contributed by atoms with van der Waals surface area (Å²) in [6, 6.07) is 6.01. The van der Waals surface area contributed by atoms with Crippen molar-refractivity contribution < 1.29 is 4.79 Å². The normalized spacial score (nSPS) is 14.1. The number of nitrogen functional groups attached to an aromatic ring is 1. The fourth-order valence-corrected chi connectivity index (χ4v) is 3.01. The number of thiazole rings is 1. The van der Waals surface area contributed by atoms with Crippen molar-refractivity contribution in [3.63, 3.8) is 0 Å². The maximum absolute atomic E-state index is 11.6. The Morgan fingerprint density at radius 1 is 1.44 bits per heavy atom. The summed E-state index contributed by atoms with van der Waals surface area (Å²) >= 11 is 1.49. The van der Waals surface area contributed by atoms with Crippen LogP contribution in [0.4, 0.5) is 10.8 Å². The van der Waals surface area contributed by atoms with E-state index in [-0.39, 0.29) is 5.91 Å². The fraction of sp³-hybridized carbons (Fsp3) is 0.231. The second-order valence-corrected chi connectivity index (χ2v) is 5.66. The smallest absolute Gasteiger partial charge is 0.231 e. The first-order valence-corrected chi connectivity index (χ1v) is 6.50. The lowest BCUT2D eigenvalue weighted by atomic mass is 10.1. The van der Waals surface area contributed by atoms with Crippen molar-refractivity contribution in [3.05, 3.63) is 28.6 Å². The van der Waals surface area contributed by atoms with Crippen molar-refractivity contribution in [2.24, 2.45) is 0 Å². The molecule has 0 atom stereocenters. The van der Waals surface area contributed by atoms with Crippen molar-refractivity contribution in [1.82, 2.24) is 4.98 Å². The Bertz CT molecular complexity index is 648. The van der Waals surface area contributed by atoms with Crippen LogP contribution in [0, 0.1) is 6.92 Å². The average molecular weight is 259 g/mol. The Labute approximate surface area is 109 Å². The van der Waals surface area contributed by atoms with E-state index in [9.17, 15) is 4.79 Å². The molecule has 0 radical (unpaired) electrons. The predicted octanol–water partition coefficient (Wildman–Crippen LogP) is 2.22. The summed E-state index contributed by atoms with van der Waals surface area (Å²) in [7, 11) is 1.81. The van der Waals surface area contributed by atoms with Gasteiger partial charge in [0.1, 0.15) is 0 Å². The molecule has 3 rings (SSSR count). The summed E-state index contributed by atoms with van der Waals surface area (Å²) in [4.78, 5) is 18.8. The van der Waals surface area contributed by atoms with E-state index in [1.807, 2.05) is 25.1 Å². The van der Waals surface area contributed by atoms with Crippen molar-refractivity contribution in [2.75, 3.05) is 17.7 Å². The van der Waals surface area contributed by atoms with Gasteiger partial charge in [-0.25, -0.2) is 4.98 Å². The Morgan fingerprint density at radius 3 is 2.89 bits per heavy atom. The molecule has 0 saturated carbocycles. The minimum absolute atomic E-state index is 0.136. The molecule has 0 fully saturated rings. The Hall–Kier alpha value is -1.88. The molecule has 0 aliphatic carbocycles. The molecule has 0 bridgehead atoms. The summed E-state index contributed by atoms with van der Waals surface area (Å²) in [5, 5.41) is 0.580. The van der Waals surface area contributed by atoms with Gasteiger partial charge in [-0.3, -0.25) is 4.79 Å². The quantitative estimate of drug-likeness (QED) is 0.854. The molecule has 0 saturated heterocycles. The number of aromatic nitrogens is 1. The zero-order chi connectivity index (χ0) is 12.9. The lowest BCUT2D eigenvalue weighted by Gasteiger charge is -2.10. The van der Waals surface area contributed by atoms with Gasteiger partial charge in [-0.05, 0) is 24.6 Å². The number of likely N-dealkylation sites (N-methyl/N-ethyl adjacent to an activating group) is 1. The highest BCUT2D eigenvalue weighted by Crippen LogP contribution is 2.34. The highest BCUT2D eigenvalue weighted by molar-refractivity contribution is 7.15. The van der Waals surface area contributed by atoms with Crippen LogP contribution < -0.4 is 10.6 Å². The molecule has 4 nitrogen and oxygen atoms in total. The van der Waals surface area contributed by atoms with Crippen LogP contribution >= 0.6 is 11.3 Å². The minimum Gasteiger partial charge on any atom is -0.375 e. The van der Waals surface area contributed by atoms with Gasteiger partial charge in [-0.1, -0.05) is 6.07 Å². The molecule has 0 spiro atoms. The summed E-state index contributed by atoms with van der Waals surface area (Å²) < 4.78 is 0. The summed E-state index contributed by atoms with van der Waals surface area (Å²) in [5.74, 6) is 0.136. The number of hydrogen-bond acceptors (Lipinski definition) is 4. The first-order valence-electron chi connectivity index (χ1n) is 5.69. The summed E-state index contributed by atoms with van der Waals surface area (Å²) in [5.41, 5.74) is 9.72. The van der Waals surface area contributed by atoms with Gasteiger partial charge in [-0.2, -0.15) is 0 Å². The number of carbonyl (C=O) groups excluding carboxylic acids is 1. The molecule has 18 heavy (non-hydrogen) atoms. The zero-order valence-corrected chi connectivity index (χ0v) is 11.0. The average Bonchev–Trinajstić information content (AvgIpc) is 2.80. The van der Waals surface area contributed by atoms with E-state index in [1.54, 1.807) is 11.9 Å². The van der Waals surface area contributed by atoms with Crippen molar-refractivity contribution in [2.45, 2.75) is 13.3 Å². The number of carbonyl (C=O) groups is 1. The zero-order valence-electron chi connectivity index (χ0n) is 10.2. The van der Waals surface area contributed by atoms with E-state index in [2.05, 4.69) is 4.98 Å². The van der Waals surface area contributed by atoms with E-state index >= 15 is 0 Å². The van der Waals surface area contributed by atoms with E-state index in [0.717, 1.165) is 27.4 Å². The number of benzene rings is 1. The number of rotatable bonds is 1. The molecule has 2 heterocycles. The van der Waals surface area contributed by atoms with Crippen LogP contribution in [0.15, 0.2) is 18.2 Å². The second kappa shape index (κ2) is 3.81. The maximum atomic E-state index is 11.6. The maximum Gasteiger partial charge on any atom is 0.231 e. The molecule has 1 aliphatic heterocycles. The van der Waals surface area contributed by atoms with Crippen LogP contribution in [0.3, 0.4) is 0 Å². The van der Waals surface area contributed by atoms with Gasteiger partial charge >= 0.3 is 0 Å². The van der Waals surface area contributed by atoms with E-state index in [0.29, 0.717) is 11.6 Å². The number of fused-ring (bicyclic) bond motifs is 1. The Morgan fingerprint density at radius 2 is 2.22 bits per heavy atom. The van der Waals surface area contributed by atoms with Crippen LogP contribution in [-0.4, -0.2) is 17.9 Å². The van der Waals surface area contributed by atoms with Crippen molar-refractivity contribution in [1.29, 1.82) is 0 Å². The predicted molar refractivity (Wildman–Crippen MR) is 73.8 cm³/mol. The van der Waals surface area contributed by atoms with Crippen molar-refractivity contribution in [3.8, 4) is 11.3 Å². The fourth-order valence-electron chi connectivity index (χ4n) is 2.30. The standard InChI is InChI=1S/C13H13N3OS/c1-7-12(15-13(14)18-7)8-3-4-10-9(5-8)6-11(17)16(10)2/h3-5H,6H2,1-2H3,(H2,14,15). The van der Waals surface area contributed by atoms with Gasteiger partial charge in [-0.15, -0.1) is 11.3 Å². The van der Waals surface area contributed by atoms with Crippen LogP contribution in [0.1, 0.15) is 10.4 Å². The van der Waals surface area contributed by atoms with Gasteiger partial charge in [0.05, 0.1) is 12.1 Å². The molecule has 5 heteroatoms. The molecule has 1 amide bonds. The van der Waals surface area contributed by atoms with Crippen LogP contribution in [-0.2, 0) is 11.2 Å². The first-order chi connectivity index (χ1) is 8.56. The van der Waals surface area contributed by atoms with Crippen LogP contribution in [0.25, 0.3) is 11.3 Å². The van der Waals surface area contributed by atoms with Gasteiger partial charge in [0.2, 0.25) is 5.91 Å². The van der Waals surface area contributed by atoms with Gasteiger partial charge in [0, 0.05) is 23.2 Å². The van der Waals surface area contributed by atoms with Gasteiger partial charge in [0.15, 0.2) is 5.13 Å². The minimum atomic E-state index is 0.136. The van der Waals surface area contributed by atoms with Gasteiger partial charge in [0.25, 0.3) is 0 Å². The summed E-state index contributed by atoms with van der Waals surface area (Å²) in [6.45, 7) is 2.01. The number of aryl methyl sites for hydroxylation is 1. The number of anilines is 2.